The van der Waals surface area contributed by atoms with Gasteiger partial charge in [0.1, 0.15) is 0 Å². The summed E-state index contributed by atoms with van der Waals surface area (Å²) < 4.78 is 4.40. The number of likely N-dealkylation sites (N-methyl/N-ethyl adjacent to an activating group) is 1. The van der Waals surface area contributed by atoms with Crippen molar-refractivity contribution >= 4 is 11.5 Å². The van der Waals surface area contributed by atoms with Gasteiger partial charge in [0.2, 0.25) is 0 Å². The lowest BCUT2D eigenvalue weighted by atomic mass is 10.0. The fourth-order valence-corrected chi connectivity index (χ4v) is 2.65. The highest BCUT2D eigenvalue weighted by Gasteiger charge is 2.28. The SMILES string of the molecule is CNC1CCCC1c1ccsn1. The minimum atomic E-state index is 0.659. The predicted molar refractivity (Wildman–Crippen MR) is 51.6 cm³/mol. The lowest BCUT2D eigenvalue weighted by molar-refractivity contribution is 0.516. The van der Waals surface area contributed by atoms with E-state index in [1.165, 1.54) is 25.0 Å². The first-order valence-corrected chi connectivity index (χ1v) is 5.33. The summed E-state index contributed by atoms with van der Waals surface area (Å²) in [5.41, 5.74) is 1.29. The van der Waals surface area contributed by atoms with Crippen LogP contribution >= 0.6 is 11.5 Å². The van der Waals surface area contributed by atoms with Crippen LogP contribution in [-0.2, 0) is 0 Å². The van der Waals surface area contributed by atoms with Crippen molar-refractivity contribution in [3.63, 3.8) is 0 Å². The van der Waals surface area contributed by atoms with Gasteiger partial charge in [-0.05, 0) is 37.5 Å². The summed E-state index contributed by atoms with van der Waals surface area (Å²) in [6.45, 7) is 0. The molecule has 3 heteroatoms. The number of nitrogens with zero attached hydrogens (tertiary/aromatic N) is 1. The van der Waals surface area contributed by atoms with Gasteiger partial charge in [0.25, 0.3) is 0 Å². The zero-order valence-corrected chi connectivity index (χ0v) is 8.10. The highest BCUT2D eigenvalue weighted by molar-refractivity contribution is 7.03. The minimum Gasteiger partial charge on any atom is -0.316 e. The van der Waals surface area contributed by atoms with Crippen LogP contribution in [0, 0.1) is 0 Å². The van der Waals surface area contributed by atoms with Crippen molar-refractivity contribution in [3.8, 4) is 0 Å². The fourth-order valence-electron chi connectivity index (χ4n) is 2.07. The van der Waals surface area contributed by atoms with Gasteiger partial charge < -0.3 is 5.32 Å². The molecule has 0 aliphatic heterocycles. The Morgan fingerprint density at radius 2 is 2.50 bits per heavy atom. The van der Waals surface area contributed by atoms with Crippen LogP contribution in [0.2, 0.25) is 0 Å². The summed E-state index contributed by atoms with van der Waals surface area (Å²) in [4.78, 5) is 0. The Morgan fingerprint density at radius 1 is 1.58 bits per heavy atom. The second-order valence-electron chi connectivity index (χ2n) is 3.36. The molecule has 1 heterocycles. The highest BCUT2D eigenvalue weighted by atomic mass is 32.1. The molecule has 0 aromatic carbocycles. The van der Waals surface area contributed by atoms with Crippen LogP contribution in [0.3, 0.4) is 0 Å². The van der Waals surface area contributed by atoms with E-state index in [4.69, 9.17) is 0 Å². The molecule has 1 aliphatic rings. The highest BCUT2D eigenvalue weighted by Crippen LogP contribution is 2.33. The minimum absolute atomic E-state index is 0.659. The third-order valence-electron chi connectivity index (χ3n) is 2.72. The van der Waals surface area contributed by atoms with Crippen molar-refractivity contribution in [2.45, 2.75) is 31.2 Å². The molecule has 2 unspecified atom stereocenters. The summed E-state index contributed by atoms with van der Waals surface area (Å²) in [7, 11) is 2.05. The molecule has 1 saturated carbocycles. The van der Waals surface area contributed by atoms with E-state index in [0.29, 0.717) is 12.0 Å². The quantitative estimate of drug-likeness (QED) is 0.756. The maximum Gasteiger partial charge on any atom is 0.0588 e. The van der Waals surface area contributed by atoms with Gasteiger partial charge in [-0.15, -0.1) is 0 Å². The molecule has 1 fully saturated rings. The Labute approximate surface area is 77.2 Å². The normalized spacial score (nSPS) is 29.4. The van der Waals surface area contributed by atoms with Gasteiger partial charge in [0.15, 0.2) is 0 Å². The van der Waals surface area contributed by atoms with Crippen molar-refractivity contribution in [2.75, 3.05) is 7.05 Å². The van der Waals surface area contributed by atoms with Crippen molar-refractivity contribution in [1.82, 2.24) is 9.69 Å². The Kier molecular flexibility index (Phi) is 2.42. The lowest BCUT2D eigenvalue weighted by Crippen LogP contribution is -2.27. The van der Waals surface area contributed by atoms with Gasteiger partial charge in [0, 0.05) is 17.3 Å². The number of nitrogens with one attached hydrogen (secondary N) is 1. The molecular weight excluding hydrogens is 168 g/mol. The summed E-state index contributed by atoms with van der Waals surface area (Å²) in [5.74, 6) is 0.668. The molecule has 0 spiro atoms. The molecule has 1 aromatic rings. The number of aromatic nitrogens is 1. The van der Waals surface area contributed by atoms with E-state index in [1.807, 2.05) is 0 Å². The largest absolute Gasteiger partial charge is 0.316 e. The van der Waals surface area contributed by atoms with Crippen molar-refractivity contribution in [2.24, 2.45) is 0 Å². The van der Waals surface area contributed by atoms with Crippen LogP contribution in [0.25, 0.3) is 0 Å². The molecule has 1 aliphatic carbocycles. The third kappa shape index (κ3) is 1.39. The van der Waals surface area contributed by atoms with Gasteiger partial charge in [0.05, 0.1) is 5.69 Å². The van der Waals surface area contributed by atoms with E-state index in [2.05, 4.69) is 28.2 Å². The molecule has 0 bridgehead atoms. The number of rotatable bonds is 2. The average Bonchev–Trinajstić information content (AvgIpc) is 2.74. The van der Waals surface area contributed by atoms with E-state index in [-0.39, 0.29) is 0 Å². The van der Waals surface area contributed by atoms with Gasteiger partial charge >= 0.3 is 0 Å². The predicted octanol–water partition coefficient (Wildman–Crippen LogP) is 2.00. The molecule has 1 N–H and O–H groups in total. The molecule has 0 saturated heterocycles. The van der Waals surface area contributed by atoms with Gasteiger partial charge in [-0.2, -0.15) is 4.37 Å². The lowest BCUT2D eigenvalue weighted by Gasteiger charge is -2.16. The van der Waals surface area contributed by atoms with Crippen LogP contribution in [0.5, 0.6) is 0 Å². The number of hydrogen-bond acceptors (Lipinski definition) is 3. The zero-order valence-electron chi connectivity index (χ0n) is 7.29. The van der Waals surface area contributed by atoms with Crippen molar-refractivity contribution < 1.29 is 0 Å². The molecule has 0 amide bonds. The second-order valence-corrected chi connectivity index (χ2v) is 4.02. The monoisotopic (exact) mass is 182 g/mol. The first-order valence-electron chi connectivity index (χ1n) is 4.49. The van der Waals surface area contributed by atoms with Crippen molar-refractivity contribution in [3.05, 3.63) is 17.1 Å². The fraction of sp³-hybridized carbons (Fsp3) is 0.667. The summed E-state index contributed by atoms with van der Waals surface area (Å²) in [5, 5.41) is 5.44. The molecule has 2 rings (SSSR count). The van der Waals surface area contributed by atoms with Gasteiger partial charge in [-0.25, -0.2) is 0 Å². The molecule has 1 aromatic heterocycles. The first-order chi connectivity index (χ1) is 5.92. The van der Waals surface area contributed by atoms with Crippen molar-refractivity contribution in [1.29, 1.82) is 0 Å². The zero-order chi connectivity index (χ0) is 8.39. The van der Waals surface area contributed by atoms with Crippen LogP contribution in [-0.4, -0.2) is 17.5 Å². The third-order valence-corrected chi connectivity index (χ3v) is 3.30. The molecule has 2 nitrogen and oxygen atoms in total. The maximum atomic E-state index is 4.40. The standard InChI is InChI=1S/C9H14N2S/c1-10-8-4-2-3-7(8)9-5-6-12-11-9/h5-8,10H,2-4H2,1H3. The summed E-state index contributed by atoms with van der Waals surface area (Å²) in [6.07, 6.45) is 3.95. The van der Waals surface area contributed by atoms with Crippen LogP contribution in [0.15, 0.2) is 11.4 Å². The Hall–Kier alpha value is -0.410. The maximum absolute atomic E-state index is 4.40. The van der Waals surface area contributed by atoms with Crippen LogP contribution < -0.4 is 5.32 Å². The topological polar surface area (TPSA) is 24.9 Å². The summed E-state index contributed by atoms with van der Waals surface area (Å²) >= 11 is 1.56. The first kappa shape index (κ1) is 8.20. The number of hydrogen-bond donors (Lipinski definition) is 1. The average molecular weight is 182 g/mol. The Balaban J connectivity index is 2.13. The molecule has 66 valence electrons. The van der Waals surface area contributed by atoms with Gasteiger partial charge in [-0.3, -0.25) is 0 Å². The van der Waals surface area contributed by atoms with Gasteiger partial charge in [-0.1, -0.05) is 6.42 Å². The smallest absolute Gasteiger partial charge is 0.0588 e. The molecular formula is C9H14N2S. The Morgan fingerprint density at radius 3 is 3.17 bits per heavy atom. The second kappa shape index (κ2) is 3.54. The van der Waals surface area contributed by atoms with E-state index >= 15 is 0 Å². The van der Waals surface area contributed by atoms with Crippen LogP contribution in [0.4, 0.5) is 0 Å². The van der Waals surface area contributed by atoms with E-state index in [1.54, 1.807) is 11.5 Å². The molecule has 2 atom stereocenters. The summed E-state index contributed by atoms with van der Waals surface area (Å²) in [6, 6.07) is 2.82. The van der Waals surface area contributed by atoms with E-state index in [0.717, 1.165) is 0 Å². The van der Waals surface area contributed by atoms with Crippen LogP contribution in [0.1, 0.15) is 30.9 Å². The molecule has 0 radical (unpaired) electrons. The van der Waals surface area contributed by atoms with E-state index in [9.17, 15) is 0 Å². The van der Waals surface area contributed by atoms with E-state index < -0.39 is 0 Å². The molecule has 12 heavy (non-hydrogen) atoms. The Bertz CT molecular complexity index is 233.